The first-order valence-electron chi connectivity index (χ1n) is 7.21. The number of rotatable bonds is 4. The molecule has 3 aromatic rings. The maximum atomic E-state index is 13.4. The highest BCUT2D eigenvalue weighted by Crippen LogP contribution is 2.31. The number of amidine groups is 1. The molecule has 0 unspecified atom stereocenters. The zero-order valence-corrected chi connectivity index (χ0v) is 12.7. The molecule has 5 nitrogen and oxygen atoms in total. The molecule has 24 heavy (non-hydrogen) atoms. The Morgan fingerprint density at radius 2 is 1.96 bits per heavy atom. The van der Waals surface area contributed by atoms with Gasteiger partial charge < -0.3 is 16.2 Å². The lowest BCUT2D eigenvalue weighted by atomic mass is 10.1. The smallest absolute Gasteiger partial charge is 0.229 e. The van der Waals surface area contributed by atoms with E-state index in [1.54, 1.807) is 18.2 Å². The van der Waals surface area contributed by atoms with Crippen LogP contribution in [0.5, 0.6) is 11.6 Å². The SMILES string of the molecule is N/C=C\C(N)=N/c1cc2ccccc2c(Oc2cccc(F)c2)n1. The van der Waals surface area contributed by atoms with Crippen molar-refractivity contribution in [2.45, 2.75) is 0 Å². The molecule has 0 amide bonds. The molecule has 0 spiro atoms. The van der Waals surface area contributed by atoms with E-state index in [-0.39, 0.29) is 11.7 Å². The average molecular weight is 322 g/mol. The predicted octanol–water partition coefficient (Wildman–Crippen LogP) is 3.63. The molecule has 0 saturated heterocycles. The largest absolute Gasteiger partial charge is 0.438 e. The van der Waals surface area contributed by atoms with Gasteiger partial charge in [-0.3, -0.25) is 0 Å². The number of fused-ring (bicyclic) bond motifs is 1. The molecular weight excluding hydrogens is 307 g/mol. The Balaban J connectivity index is 2.09. The zero-order chi connectivity index (χ0) is 16.9. The van der Waals surface area contributed by atoms with Gasteiger partial charge in [0.25, 0.3) is 0 Å². The predicted molar refractivity (Wildman–Crippen MR) is 92.8 cm³/mol. The van der Waals surface area contributed by atoms with E-state index >= 15 is 0 Å². The maximum Gasteiger partial charge on any atom is 0.229 e. The van der Waals surface area contributed by atoms with E-state index < -0.39 is 0 Å². The first-order valence-corrected chi connectivity index (χ1v) is 7.21. The number of aliphatic imine (C=N–C) groups is 1. The topological polar surface area (TPSA) is 86.5 Å². The van der Waals surface area contributed by atoms with Gasteiger partial charge in [-0.15, -0.1) is 0 Å². The lowest BCUT2D eigenvalue weighted by Gasteiger charge is -2.09. The van der Waals surface area contributed by atoms with Gasteiger partial charge in [0.1, 0.15) is 17.4 Å². The summed E-state index contributed by atoms with van der Waals surface area (Å²) in [5.41, 5.74) is 11.0. The Morgan fingerprint density at radius 3 is 2.75 bits per heavy atom. The fourth-order valence-corrected chi connectivity index (χ4v) is 2.20. The van der Waals surface area contributed by atoms with Gasteiger partial charge >= 0.3 is 0 Å². The fraction of sp³-hybridized carbons (Fsp3) is 0. The number of hydrogen-bond acceptors (Lipinski definition) is 4. The van der Waals surface area contributed by atoms with Gasteiger partial charge in [-0.25, -0.2) is 9.38 Å². The molecule has 2 aromatic carbocycles. The van der Waals surface area contributed by atoms with Crippen LogP contribution in [0.25, 0.3) is 10.8 Å². The summed E-state index contributed by atoms with van der Waals surface area (Å²) >= 11 is 0. The van der Waals surface area contributed by atoms with Crippen LogP contribution in [0, 0.1) is 5.82 Å². The number of benzene rings is 2. The molecule has 1 heterocycles. The lowest BCUT2D eigenvalue weighted by molar-refractivity contribution is 0.464. The molecule has 0 aliphatic heterocycles. The van der Waals surface area contributed by atoms with E-state index in [4.69, 9.17) is 16.2 Å². The molecule has 3 rings (SSSR count). The number of pyridine rings is 1. The van der Waals surface area contributed by atoms with Crippen molar-refractivity contribution in [1.82, 2.24) is 4.98 Å². The van der Waals surface area contributed by atoms with Gasteiger partial charge in [0.2, 0.25) is 5.88 Å². The van der Waals surface area contributed by atoms with Crippen LogP contribution in [-0.2, 0) is 0 Å². The van der Waals surface area contributed by atoms with Crippen molar-refractivity contribution in [3.05, 3.63) is 72.7 Å². The number of ether oxygens (including phenoxy) is 1. The first-order chi connectivity index (χ1) is 11.7. The van der Waals surface area contributed by atoms with Crippen molar-refractivity contribution in [2.24, 2.45) is 16.5 Å². The molecule has 120 valence electrons. The average Bonchev–Trinajstić information content (AvgIpc) is 2.55. The van der Waals surface area contributed by atoms with E-state index in [9.17, 15) is 4.39 Å². The minimum absolute atomic E-state index is 0.219. The van der Waals surface area contributed by atoms with E-state index in [2.05, 4.69) is 9.98 Å². The van der Waals surface area contributed by atoms with Gasteiger partial charge in [-0.2, -0.15) is 4.98 Å². The molecule has 0 aliphatic carbocycles. The second-order valence-electron chi connectivity index (χ2n) is 4.96. The summed E-state index contributed by atoms with van der Waals surface area (Å²) < 4.78 is 19.1. The van der Waals surface area contributed by atoms with Crippen LogP contribution in [0.15, 0.2) is 71.9 Å². The molecule has 4 N–H and O–H groups in total. The Morgan fingerprint density at radius 1 is 1.12 bits per heavy atom. The van der Waals surface area contributed by atoms with Gasteiger partial charge in [0.15, 0.2) is 5.82 Å². The van der Waals surface area contributed by atoms with Crippen LogP contribution in [0.4, 0.5) is 10.2 Å². The van der Waals surface area contributed by atoms with Crippen molar-refractivity contribution >= 4 is 22.4 Å². The van der Waals surface area contributed by atoms with Gasteiger partial charge in [0, 0.05) is 11.5 Å². The van der Waals surface area contributed by atoms with E-state index in [0.29, 0.717) is 17.4 Å². The Labute approximate surface area is 138 Å². The summed E-state index contributed by atoms with van der Waals surface area (Å²) in [6, 6.07) is 15.2. The van der Waals surface area contributed by atoms with Gasteiger partial charge in [-0.1, -0.05) is 24.3 Å². The summed E-state index contributed by atoms with van der Waals surface area (Å²) in [6.07, 6.45) is 2.76. The summed E-state index contributed by atoms with van der Waals surface area (Å²) in [4.78, 5) is 8.54. The van der Waals surface area contributed by atoms with Crippen LogP contribution in [0.1, 0.15) is 0 Å². The third-order valence-corrected chi connectivity index (χ3v) is 3.21. The van der Waals surface area contributed by atoms with Crippen molar-refractivity contribution in [3.8, 4) is 11.6 Å². The van der Waals surface area contributed by atoms with Crippen molar-refractivity contribution < 1.29 is 9.13 Å². The van der Waals surface area contributed by atoms with Crippen molar-refractivity contribution in [2.75, 3.05) is 0 Å². The number of aromatic nitrogens is 1. The van der Waals surface area contributed by atoms with E-state index in [1.165, 1.54) is 24.4 Å². The molecule has 1 aromatic heterocycles. The molecule has 6 heteroatoms. The van der Waals surface area contributed by atoms with Crippen molar-refractivity contribution in [1.29, 1.82) is 0 Å². The fourth-order valence-electron chi connectivity index (χ4n) is 2.20. The van der Waals surface area contributed by atoms with E-state index in [1.807, 2.05) is 24.3 Å². The van der Waals surface area contributed by atoms with Crippen LogP contribution in [0.2, 0.25) is 0 Å². The third-order valence-electron chi connectivity index (χ3n) is 3.21. The molecule has 0 fully saturated rings. The second kappa shape index (κ2) is 6.78. The quantitative estimate of drug-likeness (QED) is 0.567. The highest BCUT2D eigenvalue weighted by Gasteiger charge is 2.09. The van der Waals surface area contributed by atoms with Crippen molar-refractivity contribution in [3.63, 3.8) is 0 Å². The normalized spacial score (nSPS) is 12.0. The Kier molecular flexibility index (Phi) is 4.38. The number of hydrogen-bond donors (Lipinski definition) is 2. The Hall–Kier alpha value is -3.41. The monoisotopic (exact) mass is 322 g/mol. The minimum Gasteiger partial charge on any atom is -0.438 e. The second-order valence-corrected chi connectivity index (χ2v) is 4.96. The molecule has 0 atom stereocenters. The van der Waals surface area contributed by atoms with Crippen LogP contribution in [-0.4, -0.2) is 10.8 Å². The Bertz CT molecular complexity index is 937. The maximum absolute atomic E-state index is 13.4. The molecule has 0 aliphatic rings. The summed E-state index contributed by atoms with van der Waals surface area (Å²) in [5.74, 6) is 0.876. The molecule has 0 bridgehead atoms. The van der Waals surface area contributed by atoms with Gasteiger partial charge in [0.05, 0.1) is 0 Å². The summed E-state index contributed by atoms with van der Waals surface area (Å²) in [5, 5.41) is 1.66. The van der Waals surface area contributed by atoms with Crippen LogP contribution >= 0.6 is 0 Å². The van der Waals surface area contributed by atoms with E-state index in [0.717, 1.165) is 10.8 Å². The molecule has 0 saturated carbocycles. The first kappa shape index (κ1) is 15.5. The van der Waals surface area contributed by atoms with Gasteiger partial charge in [-0.05, 0) is 41.9 Å². The number of nitrogens with two attached hydrogens (primary N) is 2. The lowest BCUT2D eigenvalue weighted by Crippen LogP contribution is -2.07. The highest BCUT2D eigenvalue weighted by atomic mass is 19.1. The molecular formula is C18H15FN4O. The minimum atomic E-state index is -0.386. The number of halogens is 1. The summed E-state index contributed by atoms with van der Waals surface area (Å²) in [6.45, 7) is 0. The third kappa shape index (κ3) is 3.49. The zero-order valence-electron chi connectivity index (χ0n) is 12.7. The molecule has 0 radical (unpaired) electrons. The standard InChI is InChI=1S/C18H15FN4O/c19-13-5-3-6-14(11-13)24-18-15-7-2-1-4-12(15)10-17(23-18)22-16(21)8-9-20/h1-11H,20H2,(H2,21,22,23)/b9-8-. The van der Waals surface area contributed by atoms with Crippen LogP contribution in [0.3, 0.4) is 0 Å². The summed E-state index contributed by atoms with van der Waals surface area (Å²) in [7, 11) is 0. The highest BCUT2D eigenvalue weighted by molar-refractivity contribution is 5.94. The number of nitrogens with zero attached hydrogens (tertiary/aromatic N) is 2. The van der Waals surface area contributed by atoms with Crippen LogP contribution < -0.4 is 16.2 Å².